The quantitative estimate of drug-likeness (QED) is 0.202. The molecule has 2 aliphatic heterocycles. The fraction of sp³-hybridized carbons (Fsp3) is 0.515. The number of Topliss-reactive ketones (excluding diaryl/α,β-unsaturated/α-hetero) is 1. The first-order chi connectivity index (χ1) is 20.2. The van der Waals surface area contributed by atoms with Gasteiger partial charge in [-0.2, -0.15) is 0 Å². The zero-order chi connectivity index (χ0) is 30.2. The Hall–Kier alpha value is -3.56. The molecule has 2 aromatic rings. The van der Waals surface area contributed by atoms with E-state index in [4.69, 9.17) is 18.9 Å². The highest BCUT2D eigenvalue weighted by molar-refractivity contribution is 6.46. The van der Waals surface area contributed by atoms with Crippen LogP contribution in [-0.4, -0.2) is 86.3 Å². The van der Waals surface area contributed by atoms with E-state index in [-0.39, 0.29) is 11.3 Å². The average Bonchev–Trinajstić information content (AvgIpc) is 3.24. The molecule has 2 heterocycles. The van der Waals surface area contributed by atoms with E-state index in [9.17, 15) is 14.7 Å². The molecule has 228 valence electrons. The maximum absolute atomic E-state index is 13.6. The highest BCUT2D eigenvalue weighted by Gasteiger charge is 2.46. The van der Waals surface area contributed by atoms with Crippen molar-refractivity contribution in [2.45, 2.75) is 46.6 Å². The van der Waals surface area contributed by atoms with Gasteiger partial charge in [-0.1, -0.05) is 26.8 Å². The maximum atomic E-state index is 13.6. The second-order valence-corrected chi connectivity index (χ2v) is 11.2. The van der Waals surface area contributed by atoms with Gasteiger partial charge in [0.25, 0.3) is 11.7 Å². The molecule has 1 N–H and O–H groups in total. The van der Waals surface area contributed by atoms with Gasteiger partial charge in [0, 0.05) is 31.7 Å². The molecular weight excluding hydrogens is 536 g/mol. The van der Waals surface area contributed by atoms with Crippen LogP contribution < -0.4 is 14.2 Å². The Balaban J connectivity index is 1.74. The molecule has 0 spiro atoms. The lowest BCUT2D eigenvalue weighted by atomic mass is 9.93. The SMILES string of the molecule is CCCOc1ccc(/C(O)=C2\C(=O)C(=O)N(CCN3CCOCC3)C2c2ccc(OCCC(C)C)c(OC)c2)c(C)c1. The largest absolute Gasteiger partial charge is 0.507 e. The average molecular weight is 581 g/mol. The molecule has 2 aliphatic rings. The minimum Gasteiger partial charge on any atom is -0.507 e. The van der Waals surface area contributed by atoms with E-state index in [0.29, 0.717) is 73.8 Å². The molecule has 1 unspecified atom stereocenters. The third-order valence-corrected chi connectivity index (χ3v) is 7.68. The van der Waals surface area contributed by atoms with E-state index in [1.165, 1.54) is 0 Å². The summed E-state index contributed by atoms with van der Waals surface area (Å²) in [6, 6.07) is 9.99. The lowest BCUT2D eigenvalue weighted by Gasteiger charge is -2.31. The number of morpholine rings is 1. The van der Waals surface area contributed by atoms with E-state index in [2.05, 4.69) is 18.7 Å². The van der Waals surface area contributed by atoms with E-state index >= 15 is 0 Å². The minimum atomic E-state index is -0.792. The van der Waals surface area contributed by atoms with E-state index in [1.807, 2.05) is 32.0 Å². The van der Waals surface area contributed by atoms with Crippen LogP contribution in [0.4, 0.5) is 0 Å². The molecule has 0 radical (unpaired) electrons. The topological polar surface area (TPSA) is 97.8 Å². The van der Waals surface area contributed by atoms with Gasteiger partial charge in [0.1, 0.15) is 11.5 Å². The van der Waals surface area contributed by atoms with Crippen molar-refractivity contribution in [2.24, 2.45) is 5.92 Å². The van der Waals surface area contributed by atoms with Gasteiger partial charge in [0.15, 0.2) is 11.5 Å². The Labute approximate surface area is 249 Å². The van der Waals surface area contributed by atoms with Crippen molar-refractivity contribution in [3.05, 3.63) is 58.7 Å². The van der Waals surface area contributed by atoms with Crippen molar-refractivity contribution in [1.82, 2.24) is 9.80 Å². The number of hydrogen-bond donors (Lipinski definition) is 1. The van der Waals surface area contributed by atoms with Crippen LogP contribution in [0.5, 0.6) is 17.2 Å². The first kappa shape index (κ1) is 31.4. The molecule has 9 heteroatoms. The smallest absolute Gasteiger partial charge is 0.295 e. The number of aliphatic hydroxyl groups is 1. The van der Waals surface area contributed by atoms with Gasteiger partial charge >= 0.3 is 0 Å². The third-order valence-electron chi connectivity index (χ3n) is 7.68. The van der Waals surface area contributed by atoms with E-state index in [1.54, 1.807) is 30.2 Å². The molecular formula is C33H44N2O7. The van der Waals surface area contributed by atoms with Gasteiger partial charge in [-0.15, -0.1) is 0 Å². The number of ketones is 1. The van der Waals surface area contributed by atoms with Gasteiger partial charge < -0.3 is 29.0 Å². The normalized spacial score (nSPS) is 19.0. The number of methoxy groups -OCH3 is 1. The lowest BCUT2D eigenvalue weighted by Crippen LogP contribution is -2.42. The Morgan fingerprint density at radius 3 is 2.45 bits per heavy atom. The zero-order valence-corrected chi connectivity index (χ0v) is 25.5. The number of amides is 1. The number of hydrogen-bond acceptors (Lipinski definition) is 8. The lowest BCUT2D eigenvalue weighted by molar-refractivity contribution is -0.140. The standard InChI is InChI=1S/C33H44N2O7/c1-6-16-41-25-8-9-26(23(4)20-25)31(36)29-30(24-7-10-27(28(21-24)39-5)42-17-11-22(2)3)35(33(38)32(29)37)13-12-34-14-18-40-19-15-34/h7-10,20-22,30,36H,6,11-19H2,1-5H3/b31-29+. The van der Waals surface area contributed by atoms with Crippen LogP contribution in [-0.2, 0) is 14.3 Å². The number of ether oxygens (including phenoxy) is 4. The Morgan fingerprint density at radius 1 is 1.02 bits per heavy atom. The van der Waals surface area contributed by atoms with Crippen LogP contribution in [0.2, 0.25) is 0 Å². The Morgan fingerprint density at radius 2 is 1.79 bits per heavy atom. The second-order valence-electron chi connectivity index (χ2n) is 11.2. The van der Waals surface area contributed by atoms with Crippen molar-refractivity contribution in [3.63, 3.8) is 0 Å². The number of carbonyl (C=O) groups is 2. The first-order valence-corrected chi connectivity index (χ1v) is 14.9. The molecule has 0 bridgehead atoms. The van der Waals surface area contributed by atoms with Crippen LogP contribution in [0.15, 0.2) is 42.0 Å². The van der Waals surface area contributed by atoms with Gasteiger partial charge in [-0.3, -0.25) is 14.5 Å². The summed E-state index contributed by atoms with van der Waals surface area (Å²) in [5, 5.41) is 11.6. The predicted molar refractivity (Wildman–Crippen MR) is 161 cm³/mol. The molecule has 2 fully saturated rings. The maximum Gasteiger partial charge on any atom is 0.295 e. The van der Waals surface area contributed by atoms with Crippen LogP contribution >= 0.6 is 0 Å². The summed E-state index contributed by atoms with van der Waals surface area (Å²) in [5.41, 5.74) is 1.94. The molecule has 4 rings (SSSR count). The van der Waals surface area contributed by atoms with Crippen LogP contribution in [0.25, 0.3) is 5.76 Å². The monoisotopic (exact) mass is 580 g/mol. The van der Waals surface area contributed by atoms with Crippen molar-refractivity contribution < 1.29 is 33.6 Å². The number of nitrogens with zero attached hydrogens (tertiary/aromatic N) is 2. The highest BCUT2D eigenvalue weighted by Crippen LogP contribution is 2.42. The van der Waals surface area contributed by atoms with Crippen molar-refractivity contribution in [1.29, 1.82) is 0 Å². The zero-order valence-electron chi connectivity index (χ0n) is 25.5. The third kappa shape index (κ3) is 7.25. The summed E-state index contributed by atoms with van der Waals surface area (Å²) in [5.74, 6) is 0.730. The summed E-state index contributed by atoms with van der Waals surface area (Å²) in [6.07, 6.45) is 1.77. The van der Waals surface area contributed by atoms with Crippen molar-refractivity contribution in [3.8, 4) is 17.2 Å². The number of likely N-dealkylation sites (tertiary alicyclic amines) is 1. The predicted octanol–water partition coefficient (Wildman–Crippen LogP) is 4.97. The van der Waals surface area contributed by atoms with Gasteiger partial charge in [0.2, 0.25) is 0 Å². The molecule has 2 saturated heterocycles. The molecule has 0 aliphatic carbocycles. The van der Waals surface area contributed by atoms with Crippen LogP contribution in [0.3, 0.4) is 0 Å². The van der Waals surface area contributed by atoms with E-state index in [0.717, 1.165) is 31.5 Å². The van der Waals surface area contributed by atoms with Crippen molar-refractivity contribution in [2.75, 3.05) is 59.7 Å². The number of benzene rings is 2. The first-order valence-electron chi connectivity index (χ1n) is 14.9. The van der Waals surface area contributed by atoms with Gasteiger partial charge in [-0.05, 0) is 67.1 Å². The number of aliphatic hydroxyl groups excluding tert-OH is 1. The van der Waals surface area contributed by atoms with Gasteiger partial charge in [0.05, 0.1) is 45.2 Å². The molecule has 0 aromatic heterocycles. The molecule has 2 aromatic carbocycles. The summed E-state index contributed by atoms with van der Waals surface area (Å²) in [4.78, 5) is 30.9. The summed E-state index contributed by atoms with van der Waals surface area (Å²) in [7, 11) is 1.56. The highest BCUT2D eigenvalue weighted by atomic mass is 16.5. The molecule has 1 amide bonds. The molecule has 0 saturated carbocycles. The molecule has 1 atom stereocenters. The summed E-state index contributed by atoms with van der Waals surface area (Å²) >= 11 is 0. The Kier molecular flexibility index (Phi) is 10.9. The summed E-state index contributed by atoms with van der Waals surface area (Å²) in [6.45, 7) is 13.0. The number of carbonyl (C=O) groups excluding carboxylic acids is 2. The fourth-order valence-electron chi connectivity index (χ4n) is 5.27. The number of rotatable bonds is 13. The molecule has 9 nitrogen and oxygen atoms in total. The van der Waals surface area contributed by atoms with Crippen molar-refractivity contribution >= 4 is 17.4 Å². The van der Waals surface area contributed by atoms with E-state index < -0.39 is 17.7 Å². The minimum absolute atomic E-state index is 0.0582. The van der Waals surface area contributed by atoms with Gasteiger partial charge in [-0.25, -0.2) is 0 Å². The fourth-order valence-corrected chi connectivity index (χ4v) is 5.27. The molecule has 42 heavy (non-hydrogen) atoms. The Bertz CT molecular complexity index is 1280. The number of aryl methyl sites for hydroxylation is 1. The second kappa shape index (κ2) is 14.6. The van der Waals surface area contributed by atoms with Crippen LogP contribution in [0.1, 0.15) is 56.3 Å². The van der Waals surface area contributed by atoms with Crippen LogP contribution in [0, 0.1) is 12.8 Å². The summed E-state index contributed by atoms with van der Waals surface area (Å²) < 4.78 is 22.9.